The lowest BCUT2D eigenvalue weighted by Gasteiger charge is -2.35. The topological polar surface area (TPSA) is 20.2 Å². The number of hydrogen-bond acceptors (Lipinski definition) is 1. The molecule has 0 aromatic carbocycles. The molecule has 6 atom stereocenters. The van der Waals surface area contributed by atoms with Crippen LogP contribution >= 0.6 is 0 Å². The Labute approximate surface area is 98.9 Å². The van der Waals surface area contributed by atoms with Gasteiger partial charge in [-0.15, -0.1) is 0 Å². The van der Waals surface area contributed by atoms with Gasteiger partial charge in [0.25, 0.3) is 0 Å². The summed E-state index contributed by atoms with van der Waals surface area (Å²) in [6.45, 7) is 10.8. The van der Waals surface area contributed by atoms with Crippen LogP contribution in [0.1, 0.15) is 46.5 Å². The Hall–Kier alpha value is -0.300. The van der Waals surface area contributed by atoms with Crippen molar-refractivity contribution in [2.75, 3.05) is 0 Å². The van der Waals surface area contributed by atoms with Crippen LogP contribution in [0.15, 0.2) is 12.2 Å². The van der Waals surface area contributed by atoms with Crippen molar-refractivity contribution in [3.05, 3.63) is 12.2 Å². The molecular formula is C15H24O. The fraction of sp³-hybridized carbons (Fsp3) is 0.867. The molecule has 90 valence electrons. The maximum atomic E-state index is 9.89. The van der Waals surface area contributed by atoms with Crippen molar-refractivity contribution < 1.29 is 5.11 Å². The first kappa shape index (κ1) is 10.8. The highest BCUT2D eigenvalue weighted by molar-refractivity contribution is 5.28. The van der Waals surface area contributed by atoms with E-state index in [1.807, 2.05) is 6.92 Å². The van der Waals surface area contributed by atoms with Crippen LogP contribution in [-0.2, 0) is 0 Å². The SMILES string of the molecule is C=C(C)[C@H](O)CC[C@@]1(C)C2C[C@@H]3[C@H](C2)C31C. The monoisotopic (exact) mass is 220 g/mol. The lowest BCUT2D eigenvalue weighted by molar-refractivity contribution is 0.112. The van der Waals surface area contributed by atoms with Crippen LogP contribution in [0, 0.1) is 28.6 Å². The van der Waals surface area contributed by atoms with E-state index < -0.39 is 0 Å². The molecule has 4 rings (SSSR count). The van der Waals surface area contributed by atoms with Gasteiger partial charge < -0.3 is 5.11 Å². The van der Waals surface area contributed by atoms with E-state index in [9.17, 15) is 5.11 Å². The van der Waals surface area contributed by atoms with Gasteiger partial charge in [-0.25, -0.2) is 0 Å². The van der Waals surface area contributed by atoms with Crippen LogP contribution in [0.2, 0.25) is 0 Å². The van der Waals surface area contributed by atoms with Crippen molar-refractivity contribution in [3.8, 4) is 0 Å². The van der Waals surface area contributed by atoms with Gasteiger partial charge in [0.2, 0.25) is 0 Å². The minimum atomic E-state index is -0.282. The molecule has 0 spiro atoms. The van der Waals surface area contributed by atoms with Crippen LogP contribution in [0.3, 0.4) is 0 Å². The molecule has 2 unspecified atom stereocenters. The lowest BCUT2D eigenvalue weighted by atomic mass is 9.70. The molecule has 4 bridgehead atoms. The van der Waals surface area contributed by atoms with E-state index in [4.69, 9.17) is 0 Å². The van der Waals surface area contributed by atoms with E-state index in [2.05, 4.69) is 20.4 Å². The Balaban J connectivity index is 1.70. The summed E-state index contributed by atoms with van der Waals surface area (Å²) in [7, 11) is 0. The lowest BCUT2D eigenvalue weighted by Crippen LogP contribution is -2.28. The second-order valence-electron chi connectivity index (χ2n) is 6.98. The highest BCUT2D eigenvalue weighted by Crippen LogP contribution is 2.87. The minimum Gasteiger partial charge on any atom is -0.389 e. The average Bonchev–Trinajstić information content (AvgIpc) is 2.58. The van der Waals surface area contributed by atoms with Crippen molar-refractivity contribution in [1.82, 2.24) is 0 Å². The minimum absolute atomic E-state index is 0.282. The molecule has 0 aliphatic heterocycles. The Morgan fingerprint density at radius 2 is 1.94 bits per heavy atom. The summed E-state index contributed by atoms with van der Waals surface area (Å²) in [4.78, 5) is 0. The first-order valence-corrected chi connectivity index (χ1v) is 6.74. The average molecular weight is 220 g/mol. The molecule has 1 N–H and O–H groups in total. The molecule has 0 saturated heterocycles. The summed E-state index contributed by atoms with van der Waals surface area (Å²) in [6, 6.07) is 0. The maximum absolute atomic E-state index is 9.89. The van der Waals surface area contributed by atoms with Crippen molar-refractivity contribution in [3.63, 3.8) is 0 Å². The third-order valence-corrected chi connectivity index (χ3v) is 6.63. The van der Waals surface area contributed by atoms with Gasteiger partial charge >= 0.3 is 0 Å². The van der Waals surface area contributed by atoms with Crippen LogP contribution in [0.4, 0.5) is 0 Å². The van der Waals surface area contributed by atoms with Crippen LogP contribution in [0.5, 0.6) is 0 Å². The van der Waals surface area contributed by atoms with Gasteiger partial charge in [-0.3, -0.25) is 0 Å². The highest BCUT2D eigenvalue weighted by Gasteiger charge is 2.80. The zero-order chi connectivity index (χ0) is 11.7. The molecule has 0 amide bonds. The smallest absolute Gasteiger partial charge is 0.0745 e. The van der Waals surface area contributed by atoms with E-state index in [-0.39, 0.29) is 6.10 Å². The second-order valence-corrected chi connectivity index (χ2v) is 6.98. The summed E-state index contributed by atoms with van der Waals surface area (Å²) in [5.74, 6) is 3.01. The number of aliphatic hydroxyl groups excluding tert-OH is 1. The first-order valence-electron chi connectivity index (χ1n) is 6.74. The normalized spacial score (nSPS) is 54.1. The standard InChI is InChI=1S/C15H24O/c1-9(2)13(16)5-6-14(3)10-7-11-12(8-10)15(11,14)4/h10-13,16H,1,5-8H2,2-4H3/t10?,11-,12+,13-,14+,15?/m1/s1. The van der Waals surface area contributed by atoms with Crippen LogP contribution in [-0.4, -0.2) is 11.2 Å². The molecule has 0 aromatic rings. The van der Waals surface area contributed by atoms with Gasteiger partial charge in [0.1, 0.15) is 0 Å². The Bertz CT molecular complexity index is 333. The van der Waals surface area contributed by atoms with E-state index >= 15 is 0 Å². The summed E-state index contributed by atoms with van der Waals surface area (Å²) < 4.78 is 0. The van der Waals surface area contributed by atoms with Gasteiger partial charge in [0, 0.05) is 0 Å². The van der Waals surface area contributed by atoms with E-state index in [0.29, 0.717) is 10.8 Å². The zero-order valence-corrected chi connectivity index (χ0v) is 10.8. The molecule has 4 saturated carbocycles. The third kappa shape index (κ3) is 1.01. The van der Waals surface area contributed by atoms with Crippen molar-refractivity contribution in [1.29, 1.82) is 0 Å². The fourth-order valence-corrected chi connectivity index (χ4v) is 5.19. The summed E-state index contributed by atoms with van der Waals surface area (Å²) in [6.07, 6.45) is 4.77. The van der Waals surface area contributed by atoms with Crippen LogP contribution in [0.25, 0.3) is 0 Å². The number of hydrogen-bond donors (Lipinski definition) is 1. The van der Waals surface area contributed by atoms with E-state index in [1.165, 1.54) is 19.3 Å². The molecule has 0 radical (unpaired) electrons. The molecule has 1 nitrogen and oxygen atoms in total. The highest BCUT2D eigenvalue weighted by atomic mass is 16.3. The largest absolute Gasteiger partial charge is 0.389 e. The molecule has 4 fully saturated rings. The molecule has 1 heteroatoms. The van der Waals surface area contributed by atoms with Gasteiger partial charge in [-0.2, -0.15) is 0 Å². The van der Waals surface area contributed by atoms with Crippen molar-refractivity contribution in [2.24, 2.45) is 28.6 Å². The third-order valence-electron chi connectivity index (χ3n) is 6.63. The molecular weight excluding hydrogens is 196 g/mol. The summed E-state index contributed by atoms with van der Waals surface area (Å²) in [5.41, 5.74) is 2.07. The van der Waals surface area contributed by atoms with Gasteiger partial charge in [-0.05, 0) is 61.2 Å². The van der Waals surface area contributed by atoms with Crippen molar-refractivity contribution in [2.45, 2.75) is 52.6 Å². The molecule has 16 heavy (non-hydrogen) atoms. The first-order chi connectivity index (χ1) is 7.41. The molecule has 0 heterocycles. The van der Waals surface area contributed by atoms with Crippen molar-refractivity contribution >= 4 is 0 Å². The molecule has 4 aliphatic carbocycles. The Morgan fingerprint density at radius 1 is 1.38 bits per heavy atom. The Kier molecular flexibility index (Phi) is 1.98. The number of aliphatic hydroxyl groups is 1. The van der Waals surface area contributed by atoms with Gasteiger partial charge in [0.15, 0.2) is 0 Å². The quantitative estimate of drug-likeness (QED) is 0.720. The van der Waals surface area contributed by atoms with E-state index in [1.54, 1.807) is 0 Å². The van der Waals surface area contributed by atoms with Gasteiger partial charge in [0.05, 0.1) is 6.10 Å². The maximum Gasteiger partial charge on any atom is 0.0745 e. The fourth-order valence-electron chi connectivity index (χ4n) is 5.19. The Morgan fingerprint density at radius 3 is 2.31 bits per heavy atom. The zero-order valence-electron chi connectivity index (χ0n) is 10.8. The van der Waals surface area contributed by atoms with E-state index in [0.717, 1.165) is 29.7 Å². The molecule has 0 aromatic heterocycles. The van der Waals surface area contributed by atoms with Gasteiger partial charge in [-0.1, -0.05) is 26.0 Å². The second kappa shape index (κ2) is 2.93. The predicted molar refractivity (Wildman–Crippen MR) is 66.0 cm³/mol. The summed E-state index contributed by atoms with van der Waals surface area (Å²) >= 11 is 0. The predicted octanol–water partition coefficient (Wildman–Crippen LogP) is 3.39. The molecule has 4 aliphatic rings. The van der Waals surface area contributed by atoms with Crippen LogP contribution < -0.4 is 0 Å². The summed E-state index contributed by atoms with van der Waals surface area (Å²) in [5, 5.41) is 9.89. The number of rotatable bonds is 4.